The second kappa shape index (κ2) is 6.06. The quantitative estimate of drug-likeness (QED) is 0.475. The Morgan fingerprint density at radius 2 is 1.62 bits per heavy atom. The molecular weight excluding hydrogens is 228 g/mol. The van der Waals surface area contributed by atoms with Crippen LogP contribution in [0.3, 0.4) is 0 Å². The lowest BCUT2D eigenvalue weighted by molar-refractivity contribution is 0.347. The predicted octanol–water partition coefficient (Wildman–Crippen LogP) is 5.11. The molecule has 0 spiro atoms. The summed E-state index contributed by atoms with van der Waals surface area (Å²) in [5, 5.41) is 0. The first-order valence-corrected chi connectivity index (χ1v) is 13.6. The second-order valence-corrected chi connectivity index (χ2v) is 16.9. The van der Waals surface area contributed by atoms with Gasteiger partial charge in [0.1, 0.15) is 0 Å². The standard InChI is InChI=1S/C13H30OSi2/c1-9-12(2)13(14-16(6,7)8)10-11-15(3,4)5/h10,12H,9,11H2,1-8H3/b13-10-. The van der Waals surface area contributed by atoms with Crippen molar-refractivity contribution in [3.05, 3.63) is 11.8 Å². The first-order chi connectivity index (χ1) is 7.05. The van der Waals surface area contributed by atoms with Crippen LogP contribution >= 0.6 is 0 Å². The van der Waals surface area contributed by atoms with Crippen LogP contribution in [0.15, 0.2) is 11.8 Å². The third-order valence-corrected chi connectivity index (χ3v) is 4.71. The van der Waals surface area contributed by atoms with Crippen molar-refractivity contribution in [2.24, 2.45) is 5.92 Å². The molecule has 0 fully saturated rings. The zero-order valence-electron chi connectivity index (χ0n) is 12.5. The minimum atomic E-state index is -1.45. The van der Waals surface area contributed by atoms with Crippen molar-refractivity contribution >= 4 is 16.4 Å². The van der Waals surface area contributed by atoms with E-state index in [2.05, 4.69) is 59.2 Å². The van der Waals surface area contributed by atoms with Crippen LogP contribution in [-0.4, -0.2) is 16.4 Å². The Morgan fingerprint density at radius 1 is 1.12 bits per heavy atom. The van der Waals surface area contributed by atoms with E-state index in [-0.39, 0.29) is 0 Å². The average Bonchev–Trinajstić information content (AvgIpc) is 2.07. The van der Waals surface area contributed by atoms with Crippen LogP contribution in [0.5, 0.6) is 0 Å². The third kappa shape index (κ3) is 8.16. The molecule has 1 atom stereocenters. The average molecular weight is 259 g/mol. The van der Waals surface area contributed by atoms with Crippen LogP contribution in [0.2, 0.25) is 45.3 Å². The van der Waals surface area contributed by atoms with E-state index in [9.17, 15) is 0 Å². The van der Waals surface area contributed by atoms with E-state index in [1.807, 2.05) is 0 Å². The first-order valence-electron chi connectivity index (χ1n) is 6.44. The summed E-state index contributed by atoms with van der Waals surface area (Å²) in [5.74, 6) is 1.83. The van der Waals surface area contributed by atoms with Crippen LogP contribution in [0.25, 0.3) is 0 Å². The van der Waals surface area contributed by atoms with Gasteiger partial charge >= 0.3 is 0 Å². The molecule has 0 amide bonds. The molecule has 96 valence electrons. The largest absolute Gasteiger partial charge is 0.547 e. The van der Waals surface area contributed by atoms with Gasteiger partial charge in [0.25, 0.3) is 0 Å². The summed E-state index contributed by atoms with van der Waals surface area (Å²) < 4.78 is 6.21. The van der Waals surface area contributed by atoms with Gasteiger partial charge in [-0.2, -0.15) is 0 Å². The highest BCUT2D eigenvalue weighted by Gasteiger charge is 2.21. The fourth-order valence-corrected chi connectivity index (χ4v) is 3.11. The molecule has 0 aromatic heterocycles. The molecule has 0 aliphatic rings. The molecule has 16 heavy (non-hydrogen) atoms. The van der Waals surface area contributed by atoms with Crippen molar-refractivity contribution in [2.45, 2.75) is 65.6 Å². The summed E-state index contributed by atoms with van der Waals surface area (Å²) in [6.45, 7) is 18.5. The molecule has 0 aliphatic heterocycles. The van der Waals surface area contributed by atoms with Gasteiger partial charge in [0.15, 0.2) is 0 Å². The minimum absolute atomic E-state index is 0.572. The molecule has 0 bridgehead atoms. The summed E-state index contributed by atoms with van der Waals surface area (Å²) in [5.41, 5.74) is 0. The molecule has 0 radical (unpaired) electrons. The molecule has 0 aromatic rings. The lowest BCUT2D eigenvalue weighted by Crippen LogP contribution is -2.27. The SMILES string of the molecule is CCC(C)/C(=C/C[Si](C)(C)C)O[Si](C)(C)C. The van der Waals surface area contributed by atoms with Gasteiger partial charge in [-0.15, -0.1) is 0 Å². The molecule has 1 nitrogen and oxygen atoms in total. The lowest BCUT2D eigenvalue weighted by atomic mass is 10.1. The molecule has 3 heteroatoms. The maximum atomic E-state index is 6.21. The Hall–Kier alpha value is -0.0262. The Balaban J connectivity index is 4.68. The van der Waals surface area contributed by atoms with E-state index in [0.29, 0.717) is 5.92 Å². The minimum Gasteiger partial charge on any atom is -0.547 e. The van der Waals surface area contributed by atoms with E-state index < -0.39 is 16.4 Å². The maximum Gasteiger partial charge on any atom is 0.241 e. The van der Waals surface area contributed by atoms with E-state index in [4.69, 9.17) is 4.43 Å². The van der Waals surface area contributed by atoms with Crippen molar-refractivity contribution in [3.8, 4) is 0 Å². The van der Waals surface area contributed by atoms with Crippen LogP contribution in [0.1, 0.15) is 20.3 Å². The molecule has 0 aliphatic carbocycles. The van der Waals surface area contributed by atoms with E-state index in [1.165, 1.54) is 18.2 Å². The number of allylic oxidation sites excluding steroid dienone is 2. The van der Waals surface area contributed by atoms with Crippen molar-refractivity contribution in [1.29, 1.82) is 0 Å². The van der Waals surface area contributed by atoms with Gasteiger partial charge in [0.05, 0.1) is 5.76 Å². The van der Waals surface area contributed by atoms with Crippen LogP contribution in [0, 0.1) is 5.92 Å². The Bertz CT molecular complexity index is 233. The molecular formula is C13H30OSi2. The monoisotopic (exact) mass is 258 g/mol. The van der Waals surface area contributed by atoms with Crippen LogP contribution < -0.4 is 0 Å². The van der Waals surface area contributed by atoms with Crippen molar-refractivity contribution in [3.63, 3.8) is 0 Å². The highest BCUT2D eigenvalue weighted by molar-refractivity contribution is 6.76. The summed E-state index contributed by atoms with van der Waals surface area (Å²) in [6, 6.07) is 1.23. The topological polar surface area (TPSA) is 9.23 Å². The summed E-state index contributed by atoms with van der Waals surface area (Å²) in [7, 11) is -2.44. The predicted molar refractivity (Wildman–Crippen MR) is 80.1 cm³/mol. The zero-order valence-corrected chi connectivity index (χ0v) is 14.5. The highest BCUT2D eigenvalue weighted by Crippen LogP contribution is 2.23. The highest BCUT2D eigenvalue weighted by atomic mass is 28.4. The maximum absolute atomic E-state index is 6.21. The normalized spacial score (nSPS) is 16.1. The van der Waals surface area contributed by atoms with Crippen molar-refractivity contribution in [2.75, 3.05) is 0 Å². The molecule has 0 heterocycles. The summed E-state index contributed by atoms with van der Waals surface area (Å²) in [4.78, 5) is 0. The summed E-state index contributed by atoms with van der Waals surface area (Å²) in [6.07, 6.45) is 3.54. The van der Waals surface area contributed by atoms with Crippen molar-refractivity contribution < 1.29 is 4.43 Å². The van der Waals surface area contributed by atoms with Gasteiger partial charge in [0.2, 0.25) is 8.32 Å². The summed E-state index contributed by atoms with van der Waals surface area (Å²) >= 11 is 0. The van der Waals surface area contributed by atoms with E-state index in [0.717, 1.165) is 0 Å². The fourth-order valence-electron chi connectivity index (χ4n) is 1.30. The Morgan fingerprint density at radius 3 is 1.94 bits per heavy atom. The third-order valence-electron chi connectivity index (χ3n) is 2.44. The number of rotatable bonds is 6. The Labute approximate surface area is 104 Å². The molecule has 0 aromatic carbocycles. The van der Waals surface area contributed by atoms with Gasteiger partial charge in [-0.05, 0) is 32.1 Å². The van der Waals surface area contributed by atoms with Crippen molar-refractivity contribution in [1.82, 2.24) is 0 Å². The van der Waals surface area contributed by atoms with Gasteiger partial charge < -0.3 is 4.43 Å². The molecule has 0 saturated heterocycles. The fraction of sp³-hybridized carbons (Fsp3) is 0.846. The Kier molecular flexibility index (Phi) is 6.05. The van der Waals surface area contributed by atoms with Gasteiger partial charge in [-0.25, -0.2) is 0 Å². The lowest BCUT2D eigenvalue weighted by Gasteiger charge is -2.26. The molecule has 1 unspecified atom stereocenters. The first kappa shape index (κ1) is 16.0. The van der Waals surface area contributed by atoms with Crippen LogP contribution in [-0.2, 0) is 4.43 Å². The van der Waals surface area contributed by atoms with E-state index in [1.54, 1.807) is 0 Å². The molecule has 0 N–H and O–H groups in total. The van der Waals surface area contributed by atoms with Gasteiger partial charge in [0, 0.05) is 14.0 Å². The van der Waals surface area contributed by atoms with Crippen LogP contribution in [0.4, 0.5) is 0 Å². The second-order valence-electron chi connectivity index (χ2n) is 6.90. The molecule has 0 saturated carbocycles. The smallest absolute Gasteiger partial charge is 0.241 e. The number of hydrogen-bond donors (Lipinski definition) is 0. The number of hydrogen-bond acceptors (Lipinski definition) is 1. The zero-order chi connectivity index (χ0) is 13.0. The molecule has 0 rings (SSSR count). The van der Waals surface area contributed by atoms with Gasteiger partial charge in [-0.1, -0.05) is 39.6 Å². The van der Waals surface area contributed by atoms with E-state index >= 15 is 0 Å². The van der Waals surface area contributed by atoms with Gasteiger partial charge in [-0.3, -0.25) is 0 Å².